The normalized spacial score (nSPS) is 21.4. The van der Waals surface area contributed by atoms with Gasteiger partial charge in [0.05, 0.1) is 12.1 Å². The molecule has 1 aromatic rings. The minimum Gasteiger partial charge on any atom is -0.336 e. The van der Waals surface area contributed by atoms with Crippen LogP contribution in [0.1, 0.15) is 77.2 Å². The van der Waals surface area contributed by atoms with Crippen LogP contribution in [0.25, 0.3) is 0 Å². The summed E-state index contributed by atoms with van der Waals surface area (Å²) in [5.74, 6) is 0.259. The molecule has 35 heavy (non-hydrogen) atoms. The lowest BCUT2D eigenvalue weighted by Crippen LogP contribution is -2.75. The quantitative estimate of drug-likeness (QED) is 0.586. The van der Waals surface area contributed by atoms with Gasteiger partial charge in [0.15, 0.2) is 0 Å². The summed E-state index contributed by atoms with van der Waals surface area (Å²) in [4.78, 5) is 39.1. The third-order valence-corrected chi connectivity index (χ3v) is 7.71. The van der Waals surface area contributed by atoms with Crippen LogP contribution >= 0.6 is 0 Å². The lowest BCUT2D eigenvalue weighted by Gasteiger charge is -2.58. The smallest absolute Gasteiger partial charge is 0.253 e. The molecule has 0 unspecified atom stereocenters. The number of nitrogens with zero attached hydrogens (tertiary/aromatic N) is 4. The number of carbonyl (C=O) groups is 2. The molecule has 2 heterocycles. The topological polar surface area (TPSA) is 56.3 Å². The van der Waals surface area contributed by atoms with Crippen molar-refractivity contribution >= 4 is 11.8 Å². The highest BCUT2D eigenvalue weighted by molar-refractivity contribution is 5.94. The minimum absolute atomic E-state index is 0.105. The maximum Gasteiger partial charge on any atom is 0.253 e. The molecule has 7 heteroatoms. The van der Waals surface area contributed by atoms with Crippen LogP contribution in [-0.2, 0) is 16.1 Å². The Morgan fingerprint density at radius 2 is 1.57 bits per heavy atom. The molecule has 7 nitrogen and oxygen atoms in total. The molecule has 0 spiro atoms. The fourth-order valence-electron chi connectivity index (χ4n) is 5.38. The Labute approximate surface area is 212 Å². The molecule has 0 radical (unpaired) electrons. The van der Waals surface area contributed by atoms with E-state index in [-0.39, 0.29) is 22.9 Å². The Kier molecular flexibility index (Phi) is 8.34. The zero-order valence-electron chi connectivity index (χ0n) is 23.2. The first kappa shape index (κ1) is 27.6. The van der Waals surface area contributed by atoms with E-state index in [0.29, 0.717) is 26.0 Å². The summed E-state index contributed by atoms with van der Waals surface area (Å²) in [5, 5.41) is 2.00. The van der Waals surface area contributed by atoms with Crippen molar-refractivity contribution in [2.24, 2.45) is 0 Å². The third kappa shape index (κ3) is 5.73. The van der Waals surface area contributed by atoms with E-state index in [1.807, 2.05) is 39.1 Å². The molecule has 0 N–H and O–H groups in total. The van der Waals surface area contributed by atoms with Gasteiger partial charge in [0.25, 0.3) is 5.91 Å². The van der Waals surface area contributed by atoms with Crippen molar-refractivity contribution in [1.82, 2.24) is 19.8 Å². The van der Waals surface area contributed by atoms with Gasteiger partial charge in [-0.1, -0.05) is 26.0 Å². The number of rotatable bonds is 7. The van der Waals surface area contributed by atoms with E-state index in [1.54, 1.807) is 0 Å². The van der Waals surface area contributed by atoms with Crippen molar-refractivity contribution in [3.8, 4) is 0 Å². The average Bonchev–Trinajstić information content (AvgIpc) is 2.81. The zero-order valence-corrected chi connectivity index (χ0v) is 23.2. The fraction of sp³-hybridized carbons (Fsp3) is 0.714. The highest BCUT2D eigenvalue weighted by Gasteiger charge is 2.56. The van der Waals surface area contributed by atoms with E-state index < -0.39 is 5.54 Å². The first-order valence-electron chi connectivity index (χ1n) is 13.2. The van der Waals surface area contributed by atoms with Crippen LogP contribution in [0.4, 0.5) is 0 Å². The van der Waals surface area contributed by atoms with Gasteiger partial charge in [-0.3, -0.25) is 14.4 Å². The van der Waals surface area contributed by atoms with Gasteiger partial charge in [0.2, 0.25) is 5.91 Å². The molecule has 0 aromatic heterocycles. The third-order valence-electron chi connectivity index (χ3n) is 7.71. The number of hydrogen-bond acceptors (Lipinski definition) is 5. The summed E-state index contributed by atoms with van der Waals surface area (Å²) in [6, 6.07) is 7.89. The van der Waals surface area contributed by atoms with Crippen LogP contribution in [-0.4, -0.2) is 94.6 Å². The largest absolute Gasteiger partial charge is 0.336 e. The van der Waals surface area contributed by atoms with Crippen molar-refractivity contribution in [1.29, 1.82) is 0 Å². The molecule has 2 amide bonds. The summed E-state index contributed by atoms with van der Waals surface area (Å²) >= 11 is 0. The molecular formula is C28H46N4O3. The molecule has 2 fully saturated rings. The van der Waals surface area contributed by atoms with Crippen LogP contribution in [0.2, 0.25) is 0 Å². The summed E-state index contributed by atoms with van der Waals surface area (Å²) < 4.78 is 0. The molecule has 196 valence electrons. The Bertz CT molecular complexity index is 878. The Balaban J connectivity index is 1.66. The van der Waals surface area contributed by atoms with E-state index in [1.165, 1.54) is 0 Å². The predicted octanol–water partition coefficient (Wildman–Crippen LogP) is 3.83. The minimum atomic E-state index is -0.673. The Morgan fingerprint density at radius 3 is 2.09 bits per heavy atom. The first-order chi connectivity index (χ1) is 16.4. The standard InChI is InChI=1S/C28H46N4O3/c1-9-28(10-2)25(34)31(26(3,4)5)21-27(6,7)32(28)35-20-15-22-11-13-23(14-12-22)24(33)30-18-16-29(8)17-19-30/h11-14H,9-10,15-21H2,1-8H3. The predicted molar refractivity (Wildman–Crippen MR) is 140 cm³/mol. The van der Waals surface area contributed by atoms with E-state index in [4.69, 9.17) is 4.84 Å². The number of piperazine rings is 2. The highest BCUT2D eigenvalue weighted by atomic mass is 16.7. The second-order valence-electron chi connectivity index (χ2n) is 11.8. The van der Waals surface area contributed by atoms with E-state index in [2.05, 4.69) is 60.4 Å². The molecular weight excluding hydrogens is 440 g/mol. The van der Waals surface area contributed by atoms with Crippen LogP contribution in [0.3, 0.4) is 0 Å². The molecule has 0 saturated carbocycles. The second kappa shape index (κ2) is 10.6. The van der Waals surface area contributed by atoms with Gasteiger partial charge in [0, 0.05) is 43.8 Å². The summed E-state index contributed by atoms with van der Waals surface area (Å²) in [5.41, 5.74) is 0.635. The molecule has 2 aliphatic rings. The van der Waals surface area contributed by atoms with Gasteiger partial charge in [0.1, 0.15) is 5.54 Å². The second-order valence-corrected chi connectivity index (χ2v) is 11.8. The fourth-order valence-corrected chi connectivity index (χ4v) is 5.38. The number of likely N-dealkylation sites (N-methyl/N-ethyl adjacent to an activating group) is 1. The maximum absolute atomic E-state index is 13.7. The van der Waals surface area contributed by atoms with E-state index in [0.717, 1.165) is 43.7 Å². The monoisotopic (exact) mass is 486 g/mol. The number of hydroxylamine groups is 2. The molecule has 2 saturated heterocycles. The number of benzene rings is 1. The van der Waals surface area contributed by atoms with Gasteiger partial charge in [-0.05, 0) is 78.6 Å². The van der Waals surface area contributed by atoms with Gasteiger partial charge in [-0.15, -0.1) is 0 Å². The van der Waals surface area contributed by atoms with Crippen molar-refractivity contribution in [3.05, 3.63) is 35.4 Å². The van der Waals surface area contributed by atoms with Crippen molar-refractivity contribution in [2.45, 2.75) is 84.3 Å². The van der Waals surface area contributed by atoms with E-state index >= 15 is 0 Å². The summed E-state index contributed by atoms with van der Waals surface area (Å²) in [6.07, 6.45) is 2.11. The zero-order chi connectivity index (χ0) is 26.0. The van der Waals surface area contributed by atoms with Crippen molar-refractivity contribution in [3.63, 3.8) is 0 Å². The van der Waals surface area contributed by atoms with Crippen LogP contribution in [0.5, 0.6) is 0 Å². The molecule has 2 aliphatic heterocycles. The van der Waals surface area contributed by atoms with Crippen LogP contribution in [0, 0.1) is 0 Å². The molecule has 0 aliphatic carbocycles. The average molecular weight is 487 g/mol. The van der Waals surface area contributed by atoms with Crippen molar-refractivity contribution < 1.29 is 14.4 Å². The summed E-state index contributed by atoms with van der Waals surface area (Å²) in [7, 11) is 2.09. The Morgan fingerprint density at radius 1 is 1.00 bits per heavy atom. The number of hydrogen-bond donors (Lipinski definition) is 0. The lowest BCUT2D eigenvalue weighted by atomic mass is 9.80. The number of amides is 2. The van der Waals surface area contributed by atoms with Gasteiger partial charge < -0.3 is 14.7 Å². The van der Waals surface area contributed by atoms with Crippen LogP contribution in [0.15, 0.2) is 24.3 Å². The highest BCUT2D eigenvalue weighted by Crippen LogP contribution is 2.40. The number of carbonyl (C=O) groups excluding carboxylic acids is 2. The molecule has 0 bridgehead atoms. The molecule has 0 atom stereocenters. The van der Waals surface area contributed by atoms with Gasteiger partial charge in [-0.2, -0.15) is 5.06 Å². The first-order valence-corrected chi connectivity index (χ1v) is 13.2. The van der Waals surface area contributed by atoms with Crippen LogP contribution < -0.4 is 0 Å². The molecule has 1 aromatic carbocycles. The van der Waals surface area contributed by atoms with Gasteiger partial charge in [-0.25, -0.2) is 0 Å². The lowest BCUT2D eigenvalue weighted by molar-refractivity contribution is -0.291. The van der Waals surface area contributed by atoms with E-state index in [9.17, 15) is 9.59 Å². The van der Waals surface area contributed by atoms with Gasteiger partial charge >= 0.3 is 0 Å². The SMILES string of the molecule is CCC1(CC)C(=O)N(C(C)(C)C)CC(C)(C)N1OCCc1ccc(C(=O)N2CCN(C)CC2)cc1. The maximum atomic E-state index is 13.7. The molecule has 3 rings (SSSR count). The Hall–Kier alpha value is -1.96. The summed E-state index contributed by atoms with van der Waals surface area (Å²) in [6.45, 7) is 19.3. The van der Waals surface area contributed by atoms with Crippen molar-refractivity contribution in [2.75, 3.05) is 46.4 Å².